The van der Waals surface area contributed by atoms with Crippen molar-refractivity contribution < 1.29 is 0 Å². The maximum absolute atomic E-state index is 3.65. The zero-order chi connectivity index (χ0) is 21.4. The van der Waals surface area contributed by atoms with E-state index in [0.29, 0.717) is 0 Å². The molecule has 1 heterocycles. The summed E-state index contributed by atoms with van der Waals surface area (Å²) in [6, 6.07) is 6.68. The molecule has 5 heteroatoms. The Morgan fingerprint density at radius 3 is 1.93 bits per heavy atom. The third-order valence-electron chi connectivity index (χ3n) is 5.91. The summed E-state index contributed by atoms with van der Waals surface area (Å²) < 4.78 is 0. The molecule has 0 unspecified atom stereocenters. The van der Waals surface area contributed by atoms with Gasteiger partial charge >= 0.3 is 0 Å². The quantitative estimate of drug-likeness (QED) is 0.249. The number of nitrogens with one attached hydrogen (secondary N) is 3. The molecule has 2 rings (SSSR count). The van der Waals surface area contributed by atoms with Crippen LogP contribution in [0.1, 0.15) is 96.5 Å². The first-order valence-electron chi connectivity index (χ1n) is 12.6. The van der Waals surface area contributed by atoms with E-state index < -0.39 is 0 Å². The van der Waals surface area contributed by atoms with E-state index in [4.69, 9.17) is 0 Å². The monoisotopic (exact) mass is 417 g/mol. The molecule has 0 amide bonds. The second kappa shape index (κ2) is 15.5. The Bertz CT molecular complexity index is 562. The number of fused-ring (bicyclic) bond motifs is 1. The first-order chi connectivity index (χ1) is 14.8. The normalized spacial score (nSPS) is 13.6. The zero-order valence-corrected chi connectivity index (χ0v) is 19.9. The van der Waals surface area contributed by atoms with Crippen molar-refractivity contribution in [1.29, 1.82) is 0 Å². The van der Waals surface area contributed by atoms with Crippen LogP contribution in [0.4, 0.5) is 11.4 Å². The molecule has 0 aromatic heterocycles. The summed E-state index contributed by atoms with van der Waals surface area (Å²) in [4.78, 5) is 0. The van der Waals surface area contributed by atoms with E-state index in [9.17, 15) is 0 Å². The number of hydrogen-bond donors (Lipinski definition) is 3. The minimum absolute atomic E-state index is 0.821. The van der Waals surface area contributed by atoms with Crippen LogP contribution in [0.5, 0.6) is 0 Å². The SMILES string of the molecule is CCCCCCCCNCN1Nc2cc(C)ccc2N1CNCCCCCCCC. The summed E-state index contributed by atoms with van der Waals surface area (Å²) in [6.07, 6.45) is 16.1. The Morgan fingerprint density at radius 2 is 1.30 bits per heavy atom. The molecule has 172 valence electrons. The molecule has 30 heavy (non-hydrogen) atoms. The average molecular weight is 418 g/mol. The minimum atomic E-state index is 0.821. The lowest BCUT2D eigenvalue weighted by Gasteiger charge is -2.29. The summed E-state index contributed by atoms with van der Waals surface area (Å²) in [5, 5.41) is 11.8. The van der Waals surface area contributed by atoms with Gasteiger partial charge in [-0.2, -0.15) is 0 Å². The molecule has 0 fully saturated rings. The molecule has 1 aliphatic rings. The summed E-state index contributed by atoms with van der Waals surface area (Å²) in [5.41, 5.74) is 7.34. The molecule has 0 atom stereocenters. The van der Waals surface area contributed by atoms with Crippen LogP contribution >= 0.6 is 0 Å². The van der Waals surface area contributed by atoms with Crippen molar-refractivity contribution in [1.82, 2.24) is 15.8 Å². The maximum Gasteiger partial charge on any atom is 0.0884 e. The zero-order valence-electron chi connectivity index (χ0n) is 19.9. The molecule has 5 nitrogen and oxygen atoms in total. The number of aryl methyl sites for hydroxylation is 1. The lowest BCUT2D eigenvalue weighted by Crippen LogP contribution is -2.50. The van der Waals surface area contributed by atoms with Gasteiger partial charge in [-0.1, -0.05) is 84.1 Å². The highest BCUT2D eigenvalue weighted by Gasteiger charge is 2.26. The molecule has 0 bridgehead atoms. The third kappa shape index (κ3) is 9.23. The molecular weight excluding hydrogens is 370 g/mol. The van der Waals surface area contributed by atoms with Crippen LogP contribution in [0.3, 0.4) is 0 Å². The van der Waals surface area contributed by atoms with Gasteiger partial charge in [-0.05, 0) is 50.6 Å². The standard InChI is InChI=1S/C25H47N5/c1-4-6-8-10-12-14-18-26-21-29-25-17-16-23(3)20-24(25)28-30(29)22-27-19-15-13-11-9-7-5-2/h16-17,20,26-28H,4-15,18-19,21-22H2,1-3H3. The molecule has 0 radical (unpaired) electrons. The summed E-state index contributed by atoms with van der Waals surface area (Å²) in [7, 11) is 0. The van der Waals surface area contributed by atoms with E-state index in [-0.39, 0.29) is 0 Å². The van der Waals surface area contributed by atoms with Crippen molar-refractivity contribution in [3.05, 3.63) is 23.8 Å². The van der Waals surface area contributed by atoms with Gasteiger partial charge in [-0.25, -0.2) is 0 Å². The fourth-order valence-corrected chi connectivity index (χ4v) is 4.02. The molecule has 1 aromatic carbocycles. The first kappa shape index (κ1) is 25.0. The highest BCUT2D eigenvalue weighted by Crippen LogP contribution is 2.33. The molecule has 1 aromatic rings. The van der Waals surface area contributed by atoms with Gasteiger partial charge in [0.25, 0.3) is 0 Å². The predicted molar refractivity (Wildman–Crippen MR) is 132 cm³/mol. The Kier molecular flexibility index (Phi) is 12.9. The number of hydrogen-bond acceptors (Lipinski definition) is 5. The number of hydrazine groups is 2. The molecule has 1 aliphatic heterocycles. The molecule has 0 saturated heterocycles. The van der Waals surface area contributed by atoms with Crippen molar-refractivity contribution in [3.8, 4) is 0 Å². The maximum atomic E-state index is 3.65. The van der Waals surface area contributed by atoms with Crippen LogP contribution in [0.2, 0.25) is 0 Å². The average Bonchev–Trinajstić information content (AvgIpc) is 3.08. The van der Waals surface area contributed by atoms with E-state index in [2.05, 4.69) is 65.2 Å². The van der Waals surface area contributed by atoms with Crippen molar-refractivity contribution in [2.75, 3.05) is 36.9 Å². The number of benzene rings is 1. The van der Waals surface area contributed by atoms with Crippen molar-refractivity contribution in [2.24, 2.45) is 0 Å². The van der Waals surface area contributed by atoms with Gasteiger partial charge in [-0.3, -0.25) is 15.8 Å². The summed E-state index contributed by atoms with van der Waals surface area (Å²) >= 11 is 0. The fraction of sp³-hybridized carbons (Fsp3) is 0.760. The number of rotatable bonds is 18. The van der Waals surface area contributed by atoms with Crippen molar-refractivity contribution in [2.45, 2.75) is 97.8 Å². The Balaban J connectivity index is 1.70. The fourth-order valence-electron chi connectivity index (χ4n) is 4.02. The highest BCUT2D eigenvalue weighted by atomic mass is 15.8. The molecule has 0 spiro atoms. The first-order valence-corrected chi connectivity index (χ1v) is 12.6. The second-order valence-corrected chi connectivity index (χ2v) is 8.78. The van der Waals surface area contributed by atoms with Crippen molar-refractivity contribution in [3.63, 3.8) is 0 Å². The van der Waals surface area contributed by atoms with Gasteiger partial charge in [-0.15, -0.1) is 5.12 Å². The number of unbranched alkanes of at least 4 members (excludes halogenated alkanes) is 10. The lowest BCUT2D eigenvalue weighted by molar-refractivity contribution is 0.282. The molecule has 3 N–H and O–H groups in total. The van der Waals surface area contributed by atoms with Crippen LogP contribution in [0.15, 0.2) is 18.2 Å². The van der Waals surface area contributed by atoms with E-state index in [1.807, 2.05) is 0 Å². The molecule has 0 saturated carbocycles. The Hall–Kier alpha value is -1.30. The summed E-state index contributed by atoms with van der Waals surface area (Å²) in [6.45, 7) is 10.5. The van der Waals surface area contributed by atoms with Crippen LogP contribution in [-0.4, -0.2) is 31.5 Å². The van der Waals surface area contributed by atoms with Crippen LogP contribution in [0.25, 0.3) is 0 Å². The van der Waals surface area contributed by atoms with E-state index in [1.165, 1.54) is 94.0 Å². The molecule has 0 aliphatic carbocycles. The highest BCUT2D eigenvalue weighted by molar-refractivity contribution is 5.73. The van der Waals surface area contributed by atoms with Gasteiger partial charge < -0.3 is 5.32 Å². The van der Waals surface area contributed by atoms with Crippen molar-refractivity contribution >= 4 is 11.4 Å². The minimum Gasteiger partial charge on any atom is -0.301 e. The Morgan fingerprint density at radius 1 is 0.733 bits per heavy atom. The van der Waals surface area contributed by atoms with Gasteiger partial charge in [0.05, 0.1) is 24.7 Å². The smallest absolute Gasteiger partial charge is 0.0884 e. The number of nitrogens with zero attached hydrogens (tertiary/aromatic N) is 2. The van der Waals surface area contributed by atoms with Gasteiger partial charge in [0.1, 0.15) is 0 Å². The van der Waals surface area contributed by atoms with Crippen LogP contribution in [0, 0.1) is 6.92 Å². The third-order valence-corrected chi connectivity index (χ3v) is 5.91. The lowest BCUT2D eigenvalue weighted by atomic mass is 10.1. The van der Waals surface area contributed by atoms with E-state index in [1.54, 1.807) is 0 Å². The topological polar surface area (TPSA) is 42.6 Å². The van der Waals surface area contributed by atoms with Gasteiger partial charge in [0.15, 0.2) is 0 Å². The number of anilines is 2. The largest absolute Gasteiger partial charge is 0.301 e. The second-order valence-electron chi connectivity index (χ2n) is 8.78. The summed E-state index contributed by atoms with van der Waals surface area (Å²) in [5.74, 6) is 0. The predicted octanol–water partition coefficient (Wildman–Crippen LogP) is 6.17. The van der Waals surface area contributed by atoms with E-state index in [0.717, 1.165) is 26.4 Å². The van der Waals surface area contributed by atoms with Gasteiger partial charge in [0, 0.05) is 0 Å². The van der Waals surface area contributed by atoms with Crippen LogP contribution < -0.4 is 21.1 Å². The molecular formula is C25H47N5. The van der Waals surface area contributed by atoms with E-state index >= 15 is 0 Å². The Labute approximate surface area is 185 Å². The van der Waals surface area contributed by atoms with Crippen LogP contribution in [-0.2, 0) is 0 Å². The van der Waals surface area contributed by atoms with Gasteiger partial charge in [0.2, 0.25) is 0 Å².